The lowest BCUT2D eigenvalue weighted by molar-refractivity contribution is 0.162. The summed E-state index contributed by atoms with van der Waals surface area (Å²) in [6.45, 7) is 4.06. The number of rotatable bonds is 5. The molecule has 4 N–H and O–H groups in total. The monoisotopic (exact) mass is 511 g/mol. The highest BCUT2D eigenvalue weighted by molar-refractivity contribution is 5.74. The molecule has 8 rings (SSSR count). The Kier molecular flexibility index (Phi) is 6.11. The molecular formula is C31H37N5O2. The molecule has 7 heteroatoms. The molecule has 3 aromatic rings. The fourth-order valence-electron chi connectivity index (χ4n) is 7.95. The Morgan fingerprint density at radius 2 is 1.74 bits per heavy atom. The maximum absolute atomic E-state index is 10.4. The summed E-state index contributed by atoms with van der Waals surface area (Å²) in [5.41, 5.74) is 10.1. The number of aromatic hydroxyl groups is 1. The second-order valence-corrected chi connectivity index (χ2v) is 11.7. The Bertz CT molecular complexity index is 1310. The largest absolute Gasteiger partial charge is 0.507 e. The lowest BCUT2D eigenvalue weighted by Gasteiger charge is -2.38. The van der Waals surface area contributed by atoms with Gasteiger partial charge in [-0.25, -0.2) is 0 Å². The molecule has 5 fully saturated rings. The number of hydrogen-bond acceptors (Lipinski definition) is 7. The van der Waals surface area contributed by atoms with E-state index in [0.29, 0.717) is 40.9 Å². The van der Waals surface area contributed by atoms with Crippen molar-refractivity contribution >= 4 is 11.5 Å². The molecule has 1 aromatic heterocycles. The van der Waals surface area contributed by atoms with Crippen LogP contribution in [-0.4, -0.2) is 47.6 Å². The van der Waals surface area contributed by atoms with Crippen LogP contribution in [0.15, 0.2) is 54.6 Å². The number of nitrogen functional groups attached to an aromatic ring is 1. The minimum atomic E-state index is 0.208. The molecule has 38 heavy (non-hydrogen) atoms. The Labute approximate surface area is 224 Å². The molecular weight excluding hydrogens is 474 g/mol. The van der Waals surface area contributed by atoms with Crippen LogP contribution in [0.4, 0.5) is 11.5 Å². The normalized spacial score (nSPS) is 28.8. The number of para-hydroxylation sites is 1. The smallest absolute Gasteiger partial charge is 0.169 e. The van der Waals surface area contributed by atoms with Gasteiger partial charge in [-0.2, -0.15) is 0 Å². The van der Waals surface area contributed by atoms with Gasteiger partial charge in [0.15, 0.2) is 5.82 Å². The minimum absolute atomic E-state index is 0.208. The van der Waals surface area contributed by atoms with Crippen molar-refractivity contribution in [1.82, 2.24) is 15.5 Å². The second-order valence-electron chi connectivity index (χ2n) is 11.7. The van der Waals surface area contributed by atoms with Crippen LogP contribution in [-0.2, 0) is 0 Å². The third kappa shape index (κ3) is 4.27. The van der Waals surface area contributed by atoms with Crippen molar-refractivity contribution in [3.05, 3.63) is 60.2 Å². The van der Waals surface area contributed by atoms with Crippen molar-refractivity contribution < 1.29 is 9.84 Å². The molecule has 0 spiro atoms. The summed E-state index contributed by atoms with van der Waals surface area (Å²) in [5, 5.41) is 22.4. The summed E-state index contributed by atoms with van der Waals surface area (Å²) in [6.07, 6.45) is 6.27. The van der Waals surface area contributed by atoms with Crippen LogP contribution in [0.3, 0.4) is 0 Å². The first kappa shape index (κ1) is 23.8. The number of nitrogens with two attached hydrogens (primary N) is 1. The van der Waals surface area contributed by atoms with E-state index in [2.05, 4.69) is 44.7 Å². The molecule has 0 amide bonds. The van der Waals surface area contributed by atoms with Crippen LogP contribution in [0.1, 0.15) is 43.6 Å². The summed E-state index contributed by atoms with van der Waals surface area (Å²) in [7, 11) is 0. The number of phenols is 1. The Morgan fingerprint density at radius 1 is 0.921 bits per heavy atom. The number of nitrogens with zero attached hydrogens (tertiary/aromatic N) is 3. The number of hydrogen-bond donors (Lipinski definition) is 3. The number of fused-ring (bicyclic) bond motifs is 3. The number of piperidine rings is 1. The lowest BCUT2D eigenvalue weighted by atomic mass is 9.78. The Morgan fingerprint density at radius 3 is 2.61 bits per heavy atom. The van der Waals surface area contributed by atoms with E-state index in [1.54, 1.807) is 6.07 Å². The van der Waals surface area contributed by atoms with Gasteiger partial charge in [-0.15, -0.1) is 10.2 Å². The van der Waals surface area contributed by atoms with Crippen LogP contribution in [0.2, 0.25) is 0 Å². The highest BCUT2D eigenvalue weighted by atomic mass is 16.5. The highest BCUT2D eigenvalue weighted by Gasteiger charge is 2.54. The molecule has 3 unspecified atom stereocenters. The van der Waals surface area contributed by atoms with Crippen LogP contribution >= 0.6 is 0 Å². The van der Waals surface area contributed by atoms with Crippen LogP contribution in [0.5, 0.6) is 11.5 Å². The van der Waals surface area contributed by atoms with Crippen molar-refractivity contribution in [2.24, 2.45) is 23.7 Å². The van der Waals surface area contributed by atoms with Crippen molar-refractivity contribution in [2.75, 3.05) is 36.8 Å². The average Bonchev–Trinajstić information content (AvgIpc) is 3.47. The number of aromatic nitrogens is 2. The van der Waals surface area contributed by atoms with Gasteiger partial charge in [0.2, 0.25) is 0 Å². The summed E-state index contributed by atoms with van der Waals surface area (Å²) in [4.78, 5) is 2.44. The van der Waals surface area contributed by atoms with Crippen molar-refractivity contribution in [1.29, 1.82) is 0 Å². The molecule has 2 aliphatic carbocycles. The molecule has 4 bridgehead atoms. The first-order valence-electron chi connectivity index (χ1n) is 14.3. The number of anilines is 2. The van der Waals surface area contributed by atoms with E-state index >= 15 is 0 Å². The zero-order chi connectivity index (χ0) is 25.6. The molecule has 198 valence electrons. The Hall–Kier alpha value is -3.32. The molecule has 7 nitrogen and oxygen atoms in total. The molecule has 2 saturated carbocycles. The maximum atomic E-state index is 10.4. The number of benzene rings is 2. The predicted octanol–water partition coefficient (Wildman–Crippen LogP) is 4.83. The lowest BCUT2D eigenvalue weighted by Crippen LogP contribution is -2.38. The molecule has 3 aliphatic heterocycles. The van der Waals surface area contributed by atoms with Crippen molar-refractivity contribution in [2.45, 2.75) is 44.1 Å². The molecule has 5 aliphatic rings. The topological polar surface area (TPSA) is 96.5 Å². The number of ether oxygens (including phenoxy) is 1. The molecule has 2 aromatic carbocycles. The van der Waals surface area contributed by atoms with Crippen molar-refractivity contribution in [3.63, 3.8) is 0 Å². The zero-order valence-corrected chi connectivity index (χ0v) is 21.8. The van der Waals surface area contributed by atoms with E-state index < -0.39 is 0 Å². The number of nitrogens with one attached hydrogen (secondary N) is 1. The van der Waals surface area contributed by atoms with Gasteiger partial charge in [0.05, 0.1) is 11.4 Å². The fraction of sp³-hybridized carbons (Fsp3) is 0.484. The van der Waals surface area contributed by atoms with E-state index in [1.165, 1.54) is 24.8 Å². The molecule has 5 atom stereocenters. The highest BCUT2D eigenvalue weighted by Crippen LogP contribution is 2.62. The van der Waals surface area contributed by atoms with Gasteiger partial charge in [0.1, 0.15) is 17.6 Å². The van der Waals surface area contributed by atoms with E-state index in [4.69, 9.17) is 10.5 Å². The van der Waals surface area contributed by atoms with Crippen molar-refractivity contribution in [3.8, 4) is 22.8 Å². The standard InChI is InChI=1S/C31H37N5O2/c32-31-28(17-27(34-35-31)24-6-1-2-7-29(24)37)36-13-10-19-15-26-21(18-36)16-25(19)30(26)20-4-3-5-23(14-20)38-22-8-11-33-12-9-22/h1-7,14,17,19,21-22,25-26,30,33,37H,8-13,15-16,18H2,(H2,32,35)/t19-,21-,25?,26?,30?/m0/s1. The van der Waals surface area contributed by atoms with E-state index in [0.717, 1.165) is 62.3 Å². The van der Waals surface area contributed by atoms with Gasteiger partial charge in [0.25, 0.3) is 0 Å². The predicted molar refractivity (Wildman–Crippen MR) is 149 cm³/mol. The van der Waals surface area contributed by atoms with Crippen LogP contribution < -0.4 is 20.7 Å². The van der Waals surface area contributed by atoms with Gasteiger partial charge in [0, 0.05) is 18.7 Å². The van der Waals surface area contributed by atoms with E-state index in [1.807, 2.05) is 24.3 Å². The maximum Gasteiger partial charge on any atom is 0.169 e. The number of phenolic OH excluding ortho intramolecular Hbond substituents is 1. The molecule has 3 saturated heterocycles. The van der Waals surface area contributed by atoms with Crippen LogP contribution in [0.25, 0.3) is 11.3 Å². The molecule has 4 heterocycles. The zero-order valence-electron chi connectivity index (χ0n) is 21.8. The summed E-state index contributed by atoms with van der Waals surface area (Å²) in [5.74, 6) is 5.15. The Balaban J connectivity index is 1.12. The first-order chi connectivity index (χ1) is 18.6. The van der Waals surface area contributed by atoms with Gasteiger partial charge >= 0.3 is 0 Å². The van der Waals surface area contributed by atoms with E-state index in [9.17, 15) is 5.11 Å². The minimum Gasteiger partial charge on any atom is -0.507 e. The third-order valence-electron chi connectivity index (χ3n) is 9.66. The average molecular weight is 512 g/mol. The van der Waals surface area contributed by atoms with Gasteiger partial charge in [-0.1, -0.05) is 24.3 Å². The van der Waals surface area contributed by atoms with E-state index in [-0.39, 0.29) is 5.75 Å². The second kappa shape index (κ2) is 9.77. The van der Waals surface area contributed by atoms with Crippen LogP contribution in [0, 0.1) is 23.7 Å². The summed E-state index contributed by atoms with van der Waals surface area (Å²) >= 11 is 0. The fourth-order valence-corrected chi connectivity index (χ4v) is 7.95. The quantitative estimate of drug-likeness (QED) is 0.452. The van der Waals surface area contributed by atoms with Gasteiger partial charge in [-0.05, 0) is 111 Å². The van der Waals surface area contributed by atoms with Gasteiger partial charge < -0.3 is 25.8 Å². The van der Waals surface area contributed by atoms with Gasteiger partial charge in [-0.3, -0.25) is 0 Å². The summed E-state index contributed by atoms with van der Waals surface area (Å²) in [6, 6.07) is 18.3. The first-order valence-corrected chi connectivity index (χ1v) is 14.3. The summed E-state index contributed by atoms with van der Waals surface area (Å²) < 4.78 is 6.42. The SMILES string of the molecule is Nc1nnc(-c2ccccc2O)cc1N1CC[C@H]2CC3C(c4cccc(OC5CCNCC5)c4)C2C[C@H]3C1. The third-order valence-corrected chi connectivity index (χ3v) is 9.66. The molecule has 0 radical (unpaired) electrons.